The van der Waals surface area contributed by atoms with E-state index in [1.165, 1.54) is 12.1 Å². The third-order valence-electron chi connectivity index (χ3n) is 1.72. The Morgan fingerprint density at radius 3 is 2.69 bits per heavy atom. The van der Waals surface area contributed by atoms with Crippen LogP contribution in [0, 0.1) is 5.82 Å². The van der Waals surface area contributed by atoms with Gasteiger partial charge in [0.1, 0.15) is 16.1 Å². The molecule has 0 aliphatic carbocycles. The van der Waals surface area contributed by atoms with Crippen LogP contribution in [0.4, 0.5) is 4.39 Å². The predicted octanol–water partition coefficient (Wildman–Crippen LogP) is 3.68. The fraction of sp³-hybridized carbons (Fsp3) is 0. The molecule has 0 N–H and O–H groups in total. The molecule has 0 unspecified atom stereocenters. The standard InChI is InChI=1S/C9H4Cl2FN/c10-8-4-5-3-6(12)1-2-7(5)9(11)13-8/h1-4H. The lowest BCUT2D eigenvalue weighted by molar-refractivity contribution is 0.629. The van der Waals surface area contributed by atoms with Crippen LogP contribution in [0.3, 0.4) is 0 Å². The minimum atomic E-state index is -0.314. The Morgan fingerprint density at radius 2 is 1.92 bits per heavy atom. The van der Waals surface area contributed by atoms with E-state index in [2.05, 4.69) is 4.98 Å². The lowest BCUT2D eigenvalue weighted by Gasteiger charge is -2.00. The van der Waals surface area contributed by atoms with Gasteiger partial charge in [-0.2, -0.15) is 0 Å². The first-order valence-electron chi connectivity index (χ1n) is 3.58. The van der Waals surface area contributed by atoms with Crippen LogP contribution in [0.25, 0.3) is 10.8 Å². The van der Waals surface area contributed by atoms with Gasteiger partial charge in [0.2, 0.25) is 0 Å². The van der Waals surface area contributed by atoms with Crippen molar-refractivity contribution < 1.29 is 4.39 Å². The summed E-state index contributed by atoms with van der Waals surface area (Å²) in [6, 6.07) is 5.86. The van der Waals surface area contributed by atoms with E-state index in [9.17, 15) is 4.39 Å². The molecule has 0 spiro atoms. The van der Waals surface area contributed by atoms with Crippen molar-refractivity contribution in [2.45, 2.75) is 0 Å². The molecule has 0 aliphatic heterocycles. The molecule has 4 heteroatoms. The number of nitrogens with zero attached hydrogens (tertiary/aromatic N) is 1. The molecule has 0 amide bonds. The number of aromatic nitrogens is 1. The average Bonchev–Trinajstić information content (AvgIpc) is 2.02. The van der Waals surface area contributed by atoms with Crippen LogP contribution in [-0.2, 0) is 0 Å². The number of fused-ring (bicyclic) bond motifs is 1. The zero-order chi connectivity index (χ0) is 9.42. The van der Waals surface area contributed by atoms with Crippen molar-refractivity contribution in [3.8, 4) is 0 Å². The maximum atomic E-state index is 12.8. The number of rotatable bonds is 0. The topological polar surface area (TPSA) is 12.9 Å². The van der Waals surface area contributed by atoms with Crippen molar-refractivity contribution >= 4 is 34.0 Å². The Kier molecular flexibility index (Phi) is 2.10. The van der Waals surface area contributed by atoms with E-state index in [1.54, 1.807) is 12.1 Å². The molecule has 0 saturated heterocycles. The van der Waals surface area contributed by atoms with Crippen molar-refractivity contribution in [3.63, 3.8) is 0 Å². The van der Waals surface area contributed by atoms with E-state index >= 15 is 0 Å². The van der Waals surface area contributed by atoms with Gasteiger partial charge in [-0.1, -0.05) is 23.2 Å². The van der Waals surface area contributed by atoms with Crippen LogP contribution in [0.1, 0.15) is 0 Å². The van der Waals surface area contributed by atoms with Gasteiger partial charge in [-0.05, 0) is 29.7 Å². The molecule has 1 nitrogen and oxygen atoms in total. The zero-order valence-corrected chi connectivity index (χ0v) is 7.90. The van der Waals surface area contributed by atoms with E-state index in [1.807, 2.05) is 0 Å². The predicted molar refractivity (Wildman–Crippen MR) is 51.7 cm³/mol. The summed E-state index contributed by atoms with van der Waals surface area (Å²) in [6.07, 6.45) is 0. The Morgan fingerprint density at radius 1 is 1.15 bits per heavy atom. The largest absolute Gasteiger partial charge is 0.224 e. The molecule has 13 heavy (non-hydrogen) atoms. The highest BCUT2D eigenvalue weighted by molar-refractivity contribution is 6.36. The van der Waals surface area contributed by atoms with Crippen molar-refractivity contribution in [3.05, 3.63) is 40.4 Å². The van der Waals surface area contributed by atoms with Crippen molar-refractivity contribution in [1.82, 2.24) is 4.98 Å². The monoisotopic (exact) mass is 215 g/mol. The second-order valence-corrected chi connectivity index (χ2v) is 3.35. The van der Waals surface area contributed by atoms with Crippen LogP contribution in [0.5, 0.6) is 0 Å². The van der Waals surface area contributed by atoms with Gasteiger partial charge in [0.15, 0.2) is 0 Å². The van der Waals surface area contributed by atoms with Gasteiger partial charge in [-0.3, -0.25) is 0 Å². The maximum Gasteiger partial charge on any atom is 0.138 e. The molecule has 0 fully saturated rings. The fourth-order valence-corrected chi connectivity index (χ4v) is 1.66. The van der Waals surface area contributed by atoms with Crippen molar-refractivity contribution in [2.75, 3.05) is 0 Å². The Balaban J connectivity index is 2.86. The highest BCUT2D eigenvalue weighted by Crippen LogP contribution is 2.24. The van der Waals surface area contributed by atoms with Gasteiger partial charge in [-0.15, -0.1) is 0 Å². The van der Waals surface area contributed by atoms with Gasteiger partial charge >= 0.3 is 0 Å². The molecule has 1 aromatic heterocycles. The quantitative estimate of drug-likeness (QED) is 0.612. The van der Waals surface area contributed by atoms with Crippen LogP contribution in [-0.4, -0.2) is 4.98 Å². The fourth-order valence-electron chi connectivity index (χ4n) is 1.16. The molecule has 0 bridgehead atoms. The summed E-state index contributed by atoms with van der Waals surface area (Å²) in [4.78, 5) is 3.84. The number of hydrogen-bond acceptors (Lipinski definition) is 1. The molecule has 1 heterocycles. The van der Waals surface area contributed by atoms with E-state index in [4.69, 9.17) is 23.2 Å². The summed E-state index contributed by atoms with van der Waals surface area (Å²) in [5.41, 5.74) is 0. The smallest absolute Gasteiger partial charge is 0.138 e. The van der Waals surface area contributed by atoms with Crippen molar-refractivity contribution in [2.24, 2.45) is 0 Å². The van der Waals surface area contributed by atoms with Gasteiger partial charge < -0.3 is 0 Å². The molecule has 0 atom stereocenters. The number of benzene rings is 1. The van der Waals surface area contributed by atoms with Crippen LogP contribution in [0.15, 0.2) is 24.3 Å². The highest BCUT2D eigenvalue weighted by Gasteiger charge is 2.03. The summed E-state index contributed by atoms with van der Waals surface area (Å²) in [5.74, 6) is -0.314. The molecule has 1 aromatic carbocycles. The van der Waals surface area contributed by atoms with E-state index in [0.717, 1.165) is 0 Å². The molecule has 0 saturated carbocycles. The highest BCUT2D eigenvalue weighted by atomic mass is 35.5. The lowest BCUT2D eigenvalue weighted by Crippen LogP contribution is -1.82. The van der Waals surface area contributed by atoms with Gasteiger partial charge in [-0.25, -0.2) is 9.37 Å². The van der Waals surface area contributed by atoms with E-state index < -0.39 is 0 Å². The van der Waals surface area contributed by atoms with Crippen LogP contribution >= 0.6 is 23.2 Å². The Labute approximate surface area is 84.1 Å². The lowest BCUT2D eigenvalue weighted by atomic mass is 10.2. The van der Waals surface area contributed by atoms with E-state index in [-0.39, 0.29) is 11.0 Å². The summed E-state index contributed by atoms with van der Waals surface area (Å²) in [7, 11) is 0. The third-order valence-corrected chi connectivity index (χ3v) is 2.20. The first-order chi connectivity index (χ1) is 6.16. The summed E-state index contributed by atoms with van der Waals surface area (Å²) in [5, 5.41) is 1.92. The molecule has 0 aliphatic rings. The van der Waals surface area contributed by atoms with Gasteiger partial charge in [0, 0.05) is 5.39 Å². The number of halogens is 3. The number of hydrogen-bond donors (Lipinski definition) is 0. The molecule has 2 aromatic rings. The number of pyridine rings is 1. The maximum absolute atomic E-state index is 12.8. The second-order valence-electron chi connectivity index (χ2n) is 2.60. The SMILES string of the molecule is Fc1ccc2c(Cl)nc(Cl)cc2c1. The van der Waals surface area contributed by atoms with Crippen LogP contribution < -0.4 is 0 Å². The molecular formula is C9H4Cl2FN. The molecule has 2 rings (SSSR count). The summed E-state index contributed by atoms with van der Waals surface area (Å²) in [6.45, 7) is 0. The zero-order valence-electron chi connectivity index (χ0n) is 6.39. The Bertz CT molecular complexity index is 465. The average molecular weight is 216 g/mol. The normalized spacial score (nSPS) is 10.7. The first kappa shape index (κ1) is 8.73. The Hall–Kier alpha value is -0.860. The van der Waals surface area contributed by atoms with Gasteiger partial charge in [0.25, 0.3) is 0 Å². The van der Waals surface area contributed by atoms with Gasteiger partial charge in [0.05, 0.1) is 0 Å². The minimum Gasteiger partial charge on any atom is -0.224 e. The second kappa shape index (κ2) is 3.13. The molecular weight excluding hydrogens is 212 g/mol. The van der Waals surface area contributed by atoms with Crippen LogP contribution in [0.2, 0.25) is 10.3 Å². The third kappa shape index (κ3) is 1.60. The van der Waals surface area contributed by atoms with Crippen molar-refractivity contribution in [1.29, 1.82) is 0 Å². The first-order valence-corrected chi connectivity index (χ1v) is 4.34. The molecule has 66 valence electrons. The summed E-state index contributed by atoms with van der Waals surface area (Å²) < 4.78 is 12.8. The molecule has 0 radical (unpaired) electrons. The minimum absolute atomic E-state index is 0.267. The van der Waals surface area contributed by atoms with E-state index in [0.29, 0.717) is 15.9 Å². The summed E-state index contributed by atoms with van der Waals surface area (Å²) >= 11 is 11.5.